The lowest BCUT2D eigenvalue weighted by molar-refractivity contribution is 0.0608. The van der Waals surface area contributed by atoms with E-state index in [9.17, 15) is 13.8 Å². The van der Waals surface area contributed by atoms with Crippen molar-refractivity contribution in [3.63, 3.8) is 0 Å². The maximum absolute atomic E-state index is 13.4. The van der Waals surface area contributed by atoms with Crippen LogP contribution in [-0.4, -0.2) is 27.5 Å². The Morgan fingerprint density at radius 1 is 0.686 bits per heavy atom. The molecule has 2 aliphatic rings. The van der Waals surface area contributed by atoms with Gasteiger partial charge in [-0.05, 0) is 48.9 Å². The molecule has 2 amide bonds. The van der Waals surface area contributed by atoms with Crippen LogP contribution in [0.25, 0.3) is 10.8 Å². The molecule has 4 aromatic rings. The van der Waals surface area contributed by atoms with E-state index in [2.05, 4.69) is 11.8 Å². The molecule has 0 radical (unpaired) electrons. The van der Waals surface area contributed by atoms with E-state index in [1.807, 2.05) is 78.9 Å². The van der Waals surface area contributed by atoms with Crippen molar-refractivity contribution in [1.82, 2.24) is 4.90 Å². The van der Waals surface area contributed by atoms with Crippen molar-refractivity contribution in [3.8, 4) is 0 Å². The van der Waals surface area contributed by atoms with Gasteiger partial charge in [-0.1, -0.05) is 56.2 Å². The first kappa shape index (κ1) is 21.7. The number of hydrogen-bond donors (Lipinski definition) is 0. The summed E-state index contributed by atoms with van der Waals surface area (Å²) in [5.74, 6) is -0.469. The molecule has 2 aliphatic heterocycles. The van der Waals surface area contributed by atoms with Crippen LogP contribution in [0.2, 0.25) is 0 Å². The van der Waals surface area contributed by atoms with E-state index in [-0.39, 0.29) is 11.8 Å². The number of amides is 2. The number of carbonyl (C=O) groups is 2. The number of hydrogen-bond acceptors (Lipinski definition) is 4. The lowest BCUT2D eigenvalue weighted by atomic mass is 9.92. The van der Waals surface area contributed by atoms with Crippen molar-refractivity contribution >= 4 is 50.4 Å². The maximum Gasteiger partial charge on any atom is 0.261 e. The van der Waals surface area contributed by atoms with Gasteiger partial charge in [-0.15, -0.1) is 0 Å². The molecule has 174 valence electrons. The lowest BCUT2D eigenvalue weighted by Gasteiger charge is -2.34. The van der Waals surface area contributed by atoms with Crippen LogP contribution in [0.1, 0.15) is 46.9 Å². The van der Waals surface area contributed by atoms with Crippen molar-refractivity contribution in [1.29, 1.82) is 0 Å². The molecule has 0 spiro atoms. The van der Waals surface area contributed by atoms with Crippen molar-refractivity contribution in [2.45, 2.75) is 36.0 Å². The van der Waals surface area contributed by atoms with Crippen LogP contribution < -0.4 is 4.90 Å². The summed E-state index contributed by atoms with van der Waals surface area (Å²) < 4.78 is 13.3. The number of para-hydroxylation sites is 2. The Kier molecular flexibility index (Phi) is 5.26. The van der Waals surface area contributed by atoms with E-state index < -0.39 is 10.8 Å². The zero-order valence-corrected chi connectivity index (χ0v) is 20.2. The molecule has 0 saturated heterocycles. The smallest absolute Gasteiger partial charge is 0.261 e. The summed E-state index contributed by atoms with van der Waals surface area (Å²) in [5, 5.41) is 1.51. The van der Waals surface area contributed by atoms with Crippen LogP contribution in [-0.2, 0) is 10.8 Å². The number of imide groups is 1. The number of anilines is 3. The molecular weight excluding hydrogens is 456 g/mol. The summed E-state index contributed by atoms with van der Waals surface area (Å²) >= 11 is 0. The van der Waals surface area contributed by atoms with E-state index in [1.165, 1.54) is 4.90 Å². The highest BCUT2D eigenvalue weighted by atomic mass is 32.2. The molecule has 35 heavy (non-hydrogen) atoms. The van der Waals surface area contributed by atoms with Gasteiger partial charge in [0.1, 0.15) is 0 Å². The molecule has 0 fully saturated rings. The Hall–Kier alpha value is -3.77. The van der Waals surface area contributed by atoms with Gasteiger partial charge in [-0.2, -0.15) is 0 Å². The summed E-state index contributed by atoms with van der Waals surface area (Å²) in [7, 11) is -1.29. The zero-order valence-electron chi connectivity index (χ0n) is 19.4. The average Bonchev–Trinajstić information content (AvgIpc) is 2.90. The van der Waals surface area contributed by atoms with Crippen LogP contribution in [0.3, 0.4) is 0 Å². The molecule has 0 atom stereocenters. The molecule has 0 saturated carbocycles. The highest BCUT2D eigenvalue weighted by Crippen LogP contribution is 2.49. The number of unbranched alkanes of at least 4 members (excludes halogenated alkanes) is 2. The van der Waals surface area contributed by atoms with E-state index in [0.717, 1.165) is 51.5 Å². The third kappa shape index (κ3) is 3.24. The van der Waals surface area contributed by atoms with E-state index in [0.29, 0.717) is 23.1 Å². The van der Waals surface area contributed by atoms with Gasteiger partial charge in [-0.3, -0.25) is 14.5 Å². The minimum absolute atomic E-state index is 0.234. The number of benzene rings is 4. The van der Waals surface area contributed by atoms with Gasteiger partial charge in [-0.25, -0.2) is 4.21 Å². The van der Waals surface area contributed by atoms with Crippen LogP contribution in [0.5, 0.6) is 0 Å². The largest absolute Gasteiger partial charge is 0.307 e. The Labute approximate surface area is 206 Å². The zero-order chi connectivity index (χ0) is 24.1. The predicted molar refractivity (Wildman–Crippen MR) is 138 cm³/mol. The summed E-state index contributed by atoms with van der Waals surface area (Å²) in [6.45, 7) is 2.53. The second kappa shape index (κ2) is 8.47. The minimum Gasteiger partial charge on any atom is -0.307 e. The number of nitrogens with zero attached hydrogens (tertiary/aromatic N) is 2. The van der Waals surface area contributed by atoms with Gasteiger partial charge in [0.05, 0.1) is 37.7 Å². The standard InChI is InChI=1S/C29H24N2O3S/c1-2-3-8-18-30-28(32)20-11-9-10-19-22(17-16-21(27(19)20)29(30)33)31-23-12-4-6-14-25(23)35(34)26-15-7-5-13-24(26)31/h4-7,9-17H,2-3,8,18H2,1H3. The molecule has 0 bridgehead atoms. The number of rotatable bonds is 5. The van der Waals surface area contributed by atoms with Gasteiger partial charge < -0.3 is 4.90 Å². The van der Waals surface area contributed by atoms with Gasteiger partial charge in [0, 0.05) is 28.4 Å². The van der Waals surface area contributed by atoms with Gasteiger partial charge in [0.15, 0.2) is 0 Å². The number of fused-ring (bicyclic) bond motifs is 2. The van der Waals surface area contributed by atoms with Crippen LogP contribution in [0.4, 0.5) is 17.1 Å². The summed E-state index contributed by atoms with van der Waals surface area (Å²) in [5.41, 5.74) is 3.62. The van der Waals surface area contributed by atoms with E-state index in [4.69, 9.17) is 0 Å². The highest BCUT2D eigenvalue weighted by Gasteiger charge is 2.35. The van der Waals surface area contributed by atoms with Gasteiger partial charge in [0.25, 0.3) is 11.8 Å². The molecule has 5 nitrogen and oxygen atoms in total. The first-order valence-corrected chi connectivity index (χ1v) is 13.1. The topological polar surface area (TPSA) is 57.7 Å². The molecule has 6 heteroatoms. The fourth-order valence-corrected chi connectivity index (χ4v) is 6.49. The van der Waals surface area contributed by atoms with Crippen molar-refractivity contribution in [2.75, 3.05) is 11.4 Å². The fourth-order valence-electron chi connectivity index (χ4n) is 5.15. The molecule has 0 aliphatic carbocycles. The predicted octanol–water partition coefficient (Wildman–Crippen LogP) is 6.58. The Balaban J connectivity index is 1.57. The second-order valence-electron chi connectivity index (χ2n) is 8.87. The molecule has 6 rings (SSSR count). The van der Waals surface area contributed by atoms with Crippen LogP contribution in [0, 0.1) is 0 Å². The summed E-state index contributed by atoms with van der Waals surface area (Å²) in [4.78, 5) is 31.7. The third-order valence-electron chi connectivity index (χ3n) is 6.81. The molecule has 2 heterocycles. The highest BCUT2D eigenvalue weighted by molar-refractivity contribution is 7.85. The first-order valence-electron chi connectivity index (χ1n) is 11.9. The molecule has 0 unspecified atom stereocenters. The summed E-state index contributed by atoms with van der Waals surface area (Å²) in [6, 6.07) is 24.8. The van der Waals surface area contributed by atoms with Crippen molar-refractivity contribution in [2.24, 2.45) is 0 Å². The molecule has 0 aromatic heterocycles. The van der Waals surface area contributed by atoms with E-state index in [1.54, 1.807) is 0 Å². The number of carbonyl (C=O) groups excluding carboxylic acids is 2. The van der Waals surface area contributed by atoms with E-state index >= 15 is 0 Å². The SMILES string of the molecule is CCCCCN1C(=O)c2cccc3c(N4c5ccccc5S(=O)c5ccccc54)ccc(c23)C1=O. The Morgan fingerprint density at radius 3 is 1.97 bits per heavy atom. The fraction of sp³-hybridized carbons (Fsp3) is 0.172. The second-order valence-corrected chi connectivity index (χ2v) is 10.3. The van der Waals surface area contributed by atoms with Crippen LogP contribution >= 0.6 is 0 Å². The molecule has 4 aromatic carbocycles. The molecule has 0 N–H and O–H groups in total. The minimum atomic E-state index is -1.29. The monoisotopic (exact) mass is 480 g/mol. The Morgan fingerprint density at radius 2 is 1.31 bits per heavy atom. The first-order chi connectivity index (χ1) is 17.1. The van der Waals surface area contributed by atoms with Crippen LogP contribution in [0.15, 0.2) is 88.7 Å². The Bertz CT molecular complexity index is 1470. The maximum atomic E-state index is 13.4. The quantitative estimate of drug-likeness (QED) is 0.211. The van der Waals surface area contributed by atoms with Crippen molar-refractivity contribution in [3.05, 3.63) is 90.0 Å². The normalized spacial score (nSPS) is 14.9. The van der Waals surface area contributed by atoms with Crippen molar-refractivity contribution < 1.29 is 13.8 Å². The molecular formula is C29H24N2O3S. The third-order valence-corrected chi connectivity index (χ3v) is 8.30. The summed E-state index contributed by atoms with van der Waals surface area (Å²) in [6.07, 6.45) is 2.80. The van der Waals surface area contributed by atoms with Gasteiger partial charge in [0.2, 0.25) is 0 Å². The lowest BCUT2D eigenvalue weighted by Crippen LogP contribution is -2.41. The van der Waals surface area contributed by atoms with Gasteiger partial charge >= 0.3 is 0 Å². The average molecular weight is 481 g/mol.